The summed E-state index contributed by atoms with van der Waals surface area (Å²) in [5, 5.41) is 19.6. The van der Waals surface area contributed by atoms with Crippen LogP contribution in [-0.2, 0) is 95.6 Å². The number of carbonyl (C=O) groups is 10. The highest BCUT2D eigenvalue weighted by atomic mass is 32.2. The summed E-state index contributed by atoms with van der Waals surface area (Å²) in [5.41, 5.74) is 1.99. The molecule has 0 unspecified atom stereocenters. The summed E-state index contributed by atoms with van der Waals surface area (Å²) in [6.45, 7) is 7.90. The highest BCUT2D eigenvalue weighted by Gasteiger charge is 2.38. The maximum atomic E-state index is 13.9. The molecule has 3 aromatic carbocycles. The van der Waals surface area contributed by atoms with Crippen molar-refractivity contribution in [3.8, 4) is 35.1 Å². The molecule has 1 heterocycles. The van der Waals surface area contributed by atoms with Gasteiger partial charge in [0.25, 0.3) is 0 Å². The third kappa shape index (κ3) is 20.8. The highest BCUT2D eigenvalue weighted by molar-refractivity contribution is 8.24. The van der Waals surface area contributed by atoms with Crippen molar-refractivity contribution >= 4 is 83.2 Å². The summed E-state index contributed by atoms with van der Waals surface area (Å²) in [5.74, 6) is -6.69. The third-order valence-corrected chi connectivity index (χ3v) is 16.4. The van der Waals surface area contributed by atoms with Gasteiger partial charge in [-0.2, -0.15) is 10.5 Å². The van der Waals surface area contributed by atoms with E-state index < -0.39 is 83.4 Å². The minimum atomic E-state index is -0.644. The first-order valence-electron chi connectivity index (χ1n) is 27.9. The van der Waals surface area contributed by atoms with Gasteiger partial charge >= 0.3 is 59.7 Å². The molecule has 22 nitrogen and oxygen atoms in total. The molecule has 2 aliphatic carbocycles. The Morgan fingerprint density at radius 1 is 0.488 bits per heavy atom. The molecule has 3 aromatic rings. The second-order valence-electron chi connectivity index (χ2n) is 19.7. The monoisotopic (exact) mass is 1220 g/mol. The zero-order valence-corrected chi connectivity index (χ0v) is 48.9. The van der Waals surface area contributed by atoms with Crippen LogP contribution in [-0.4, -0.2) is 99.3 Å². The second-order valence-corrected chi connectivity index (χ2v) is 22.0. The van der Waals surface area contributed by atoms with Gasteiger partial charge in [-0.3, -0.25) is 38.4 Å². The standard InChI is InChI=1S/C62H64N2O20S2/c1-4-40-35-48(83-60(73)43-15-11-41(12-16-43)58(71)81-46-19-7-38(8-20-46)27-29-75-51(67)23-25-53(69)79-33-31-77-49(65)5-2)56-57(86-62(85-56)45(36-63)37-64)55(40)84-61(74)44-17-13-42(14-18-44)59(72)82-47-21-9-39(10-22-47)28-30-76-52(68)24-26-54(70)80-34-32-78-50(66)6-3/h5-10,19-22,35,41-44H,2-4,11-18,23-34H2,1H3/t41-,42-,43-,44-. The molecule has 2 fully saturated rings. The molecule has 0 aromatic heterocycles. The fraction of sp³-hybridized carbons (Fsp3) is 0.419. The van der Waals surface area contributed by atoms with Gasteiger partial charge < -0.3 is 47.4 Å². The fourth-order valence-electron chi connectivity index (χ4n) is 9.04. The van der Waals surface area contributed by atoms with Gasteiger partial charge in [-0.25, -0.2) is 9.59 Å². The van der Waals surface area contributed by atoms with E-state index in [0.29, 0.717) is 102 Å². The minimum Gasteiger partial charge on any atom is -0.465 e. The van der Waals surface area contributed by atoms with Gasteiger partial charge in [0, 0.05) is 25.0 Å². The fourth-order valence-corrected chi connectivity index (χ4v) is 11.6. The smallest absolute Gasteiger partial charge is 0.330 e. The van der Waals surface area contributed by atoms with Crippen LogP contribution in [0.2, 0.25) is 0 Å². The number of thioether (sulfide) groups is 2. The average molecular weight is 1220 g/mol. The number of esters is 10. The number of nitriles is 2. The molecule has 0 saturated heterocycles. The Hall–Kier alpha value is -8.74. The molecule has 0 radical (unpaired) electrons. The number of hydrogen-bond donors (Lipinski definition) is 0. The van der Waals surface area contributed by atoms with E-state index in [2.05, 4.69) is 13.2 Å². The summed E-state index contributed by atoms with van der Waals surface area (Å²) in [6.07, 6.45) is 5.08. The molecule has 6 rings (SSSR count). The summed E-state index contributed by atoms with van der Waals surface area (Å²) < 4.78 is 53.6. The van der Waals surface area contributed by atoms with Crippen LogP contribution in [0.1, 0.15) is 101 Å². The normalized spacial score (nSPS) is 16.6. The Kier molecular flexibility index (Phi) is 26.5. The number of hydrogen-bond acceptors (Lipinski definition) is 24. The lowest BCUT2D eigenvalue weighted by Gasteiger charge is -2.27. The van der Waals surface area contributed by atoms with E-state index in [1.165, 1.54) is 0 Å². The van der Waals surface area contributed by atoms with Crippen molar-refractivity contribution in [2.24, 2.45) is 23.7 Å². The predicted octanol–water partition coefficient (Wildman–Crippen LogP) is 8.62. The molecule has 0 amide bonds. The van der Waals surface area contributed by atoms with E-state index in [9.17, 15) is 58.5 Å². The van der Waals surface area contributed by atoms with Gasteiger partial charge in [0.05, 0.1) is 76.6 Å². The first-order chi connectivity index (χ1) is 41.5. The Labute approximate surface area is 504 Å². The van der Waals surface area contributed by atoms with Gasteiger partial charge in [-0.1, -0.05) is 67.9 Å². The van der Waals surface area contributed by atoms with Crippen LogP contribution in [0.3, 0.4) is 0 Å². The van der Waals surface area contributed by atoms with E-state index in [4.69, 9.17) is 47.4 Å². The van der Waals surface area contributed by atoms with Gasteiger partial charge in [0.15, 0.2) is 0 Å². The average Bonchev–Trinajstić information content (AvgIpc) is 2.13. The van der Waals surface area contributed by atoms with E-state index in [0.717, 1.165) is 46.8 Å². The van der Waals surface area contributed by atoms with Crippen LogP contribution in [0, 0.1) is 46.3 Å². The second kappa shape index (κ2) is 34.3. The molecular formula is C62H64N2O20S2. The van der Waals surface area contributed by atoms with Crippen LogP contribution in [0.4, 0.5) is 0 Å². The van der Waals surface area contributed by atoms with Crippen molar-refractivity contribution in [3.63, 3.8) is 0 Å². The van der Waals surface area contributed by atoms with E-state index in [-0.39, 0.29) is 82.4 Å². The van der Waals surface area contributed by atoms with Crippen LogP contribution in [0.15, 0.2) is 99.5 Å². The first kappa shape index (κ1) is 66.4. The number of allylic oxidation sites excluding steroid dienone is 1. The van der Waals surface area contributed by atoms with Crippen molar-refractivity contribution in [1.29, 1.82) is 10.5 Å². The lowest BCUT2D eigenvalue weighted by atomic mass is 9.82. The largest absolute Gasteiger partial charge is 0.465 e. The molecule has 0 atom stereocenters. The van der Waals surface area contributed by atoms with Crippen LogP contribution >= 0.6 is 23.5 Å². The number of nitrogens with zero attached hydrogens (tertiary/aromatic N) is 2. The van der Waals surface area contributed by atoms with Gasteiger partial charge in [-0.05, 0) is 105 Å². The van der Waals surface area contributed by atoms with Crippen molar-refractivity contribution in [2.75, 3.05) is 39.6 Å². The molecule has 0 N–H and O–H groups in total. The summed E-state index contributed by atoms with van der Waals surface area (Å²) >= 11 is 2.14. The number of rotatable bonds is 29. The number of carbonyl (C=O) groups excluding carboxylic acids is 10. The highest BCUT2D eigenvalue weighted by Crippen LogP contribution is 2.60. The zero-order chi connectivity index (χ0) is 62.0. The Morgan fingerprint density at radius 3 is 1.21 bits per heavy atom. The van der Waals surface area contributed by atoms with E-state index in [1.807, 2.05) is 19.1 Å². The first-order valence-corrected chi connectivity index (χ1v) is 29.5. The Bertz CT molecular complexity index is 3110. The lowest BCUT2D eigenvalue weighted by Crippen LogP contribution is -2.31. The van der Waals surface area contributed by atoms with Crippen molar-refractivity contribution < 1.29 is 95.3 Å². The van der Waals surface area contributed by atoms with Crippen molar-refractivity contribution in [1.82, 2.24) is 0 Å². The molecule has 1 aliphatic heterocycles. The minimum absolute atomic E-state index is 0.0510. The third-order valence-electron chi connectivity index (χ3n) is 13.8. The van der Waals surface area contributed by atoms with Crippen molar-refractivity contribution in [3.05, 3.63) is 106 Å². The number of fused-ring (bicyclic) bond motifs is 1. The number of benzene rings is 3. The lowest BCUT2D eigenvalue weighted by molar-refractivity contribution is -0.152. The molecule has 0 spiro atoms. The van der Waals surface area contributed by atoms with Gasteiger partial charge in [-0.15, -0.1) is 0 Å². The van der Waals surface area contributed by atoms with Crippen molar-refractivity contribution in [2.45, 2.75) is 113 Å². The predicted molar refractivity (Wildman–Crippen MR) is 304 cm³/mol. The number of ether oxygens (including phenoxy) is 10. The number of aryl methyl sites for hydroxylation is 1. The SMILES string of the molecule is C=CC(=O)OCCOC(=O)CCC(=O)OCCc1ccc(OC(=O)[C@H]2CC[C@H](C(=O)Oc3cc(CC)c(OC(=O)[C@H]4CC[C@H](C(=O)Oc5ccc(CCOC(=O)CCC(=O)OCCOC(=O)C=C)cc5)CC4)c4c3SC(=C(C#N)C#N)S4)CC2)cc1. The Balaban J connectivity index is 0.931. The van der Waals surface area contributed by atoms with Crippen LogP contribution in [0.5, 0.6) is 23.0 Å². The van der Waals surface area contributed by atoms with Crippen LogP contribution < -0.4 is 18.9 Å². The molecule has 2 saturated carbocycles. The quantitative estimate of drug-likeness (QED) is 0.0157. The molecule has 24 heteroatoms. The topological polar surface area (TPSA) is 311 Å². The maximum absolute atomic E-state index is 13.9. The summed E-state index contributed by atoms with van der Waals surface area (Å²) in [4.78, 5) is 125. The molecule has 0 bridgehead atoms. The zero-order valence-electron chi connectivity index (χ0n) is 47.3. The summed E-state index contributed by atoms with van der Waals surface area (Å²) in [6, 6.07) is 18.9. The van der Waals surface area contributed by atoms with Gasteiger partial charge in [0.1, 0.15) is 67.1 Å². The molecule has 454 valence electrons. The molecule has 86 heavy (non-hydrogen) atoms. The molecule has 3 aliphatic rings. The van der Waals surface area contributed by atoms with Crippen LogP contribution in [0.25, 0.3) is 0 Å². The van der Waals surface area contributed by atoms with E-state index in [1.54, 1.807) is 54.6 Å². The maximum Gasteiger partial charge on any atom is 0.330 e. The van der Waals surface area contributed by atoms with Gasteiger partial charge in [0.2, 0.25) is 0 Å². The Morgan fingerprint density at radius 2 is 0.837 bits per heavy atom. The van der Waals surface area contributed by atoms with E-state index >= 15 is 0 Å². The summed E-state index contributed by atoms with van der Waals surface area (Å²) in [7, 11) is 0. The molecular weight excluding hydrogens is 1160 g/mol.